The lowest BCUT2D eigenvalue weighted by molar-refractivity contribution is 0.201. The maximum atomic E-state index is 5.26. The van der Waals surface area contributed by atoms with Gasteiger partial charge in [-0.2, -0.15) is 0 Å². The zero-order chi connectivity index (χ0) is 16.1. The van der Waals surface area contributed by atoms with Crippen LogP contribution >= 0.6 is 0 Å². The van der Waals surface area contributed by atoms with Crippen LogP contribution in [-0.4, -0.2) is 25.7 Å². The minimum Gasteiger partial charge on any atom is -0.497 e. The Balaban J connectivity index is 1.76. The van der Waals surface area contributed by atoms with E-state index in [-0.39, 0.29) is 0 Å². The fraction of sp³-hybridized carbons (Fsp3) is 0.300. The standard InChI is InChI=1S/C20H23NO2/c1-22-18-10-6-16(7-11-18)15-21-14-4-3-5-20(21)17-8-12-19(23-2)13-9-17/h3-4,6-13,20H,5,14-15H2,1-2H3/t20-/m1/s1. The Morgan fingerprint density at radius 1 is 0.870 bits per heavy atom. The van der Waals surface area contributed by atoms with Gasteiger partial charge in [-0.1, -0.05) is 36.4 Å². The third kappa shape index (κ3) is 3.74. The summed E-state index contributed by atoms with van der Waals surface area (Å²) in [5.74, 6) is 1.81. The first kappa shape index (κ1) is 15.6. The Kier molecular flexibility index (Phi) is 4.99. The molecule has 1 aliphatic heterocycles. The van der Waals surface area contributed by atoms with Gasteiger partial charge in [-0.15, -0.1) is 0 Å². The van der Waals surface area contributed by atoms with Gasteiger partial charge in [-0.05, 0) is 41.8 Å². The van der Waals surface area contributed by atoms with Crippen LogP contribution in [0.4, 0.5) is 0 Å². The molecule has 0 aliphatic carbocycles. The van der Waals surface area contributed by atoms with Crippen LogP contribution in [0.25, 0.3) is 0 Å². The molecule has 0 saturated heterocycles. The van der Waals surface area contributed by atoms with Crippen LogP contribution in [0.3, 0.4) is 0 Å². The van der Waals surface area contributed by atoms with E-state index in [0.29, 0.717) is 6.04 Å². The van der Waals surface area contributed by atoms with Gasteiger partial charge in [0.05, 0.1) is 14.2 Å². The molecule has 0 spiro atoms. The molecule has 2 aromatic carbocycles. The Labute approximate surface area is 138 Å². The highest BCUT2D eigenvalue weighted by molar-refractivity contribution is 5.31. The van der Waals surface area contributed by atoms with Crippen molar-refractivity contribution in [2.45, 2.75) is 19.0 Å². The average Bonchev–Trinajstić information content (AvgIpc) is 2.63. The van der Waals surface area contributed by atoms with Gasteiger partial charge in [-0.3, -0.25) is 4.90 Å². The first-order valence-electron chi connectivity index (χ1n) is 7.96. The number of ether oxygens (including phenoxy) is 2. The highest BCUT2D eigenvalue weighted by Crippen LogP contribution is 2.30. The first-order chi connectivity index (χ1) is 11.3. The molecule has 0 amide bonds. The summed E-state index contributed by atoms with van der Waals surface area (Å²) < 4.78 is 10.5. The van der Waals surface area contributed by atoms with E-state index < -0.39 is 0 Å². The third-order valence-corrected chi connectivity index (χ3v) is 4.35. The summed E-state index contributed by atoms with van der Waals surface area (Å²) in [6.45, 7) is 1.91. The number of hydrogen-bond donors (Lipinski definition) is 0. The zero-order valence-electron chi connectivity index (χ0n) is 13.7. The van der Waals surface area contributed by atoms with E-state index in [2.05, 4.69) is 41.3 Å². The molecule has 2 aromatic rings. The molecule has 0 bridgehead atoms. The van der Waals surface area contributed by atoms with Gasteiger partial charge >= 0.3 is 0 Å². The van der Waals surface area contributed by atoms with E-state index in [9.17, 15) is 0 Å². The fourth-order valence-corrected chi connectivity index (χ4v) is 3.02. The fourth-order valence-electron chi connectivity index (χ4n) is 3.02. The molecule has 1 aliphatic rings. The summed E-state index contributed by atoms with van der Waals surface area (Å²) in [5.41, 5.74) is 2.64. The van der Waals surface area contributed by atoms with Gasteiger partial charge in [0, 0.05) is 19.1 Å². The molecule has 3 rings (SSSR count). The maximum absolute atomic E-state index is 5.26. The van der Waals surface area contributed by atoms with Gasteiger partial charge in [-0.25, -0.2) is 0 Å². The van der Waals surface area contributed by atoms with Gasteiger partial charge in [0.15, 0.2) is 0 Å². The Bertz CT molecular complexity index is 646. The van der Waals surface area contributed by atoms with E-state index in [1.807, 2.05) is 24.3 Å². The molecule has 1 atom stereocenters. The summed E-state index contributed by atoms with van der Waals surface area (Å²) in [6.07, 6.45) is 5.57. The van der Waals surface area contributed by atoms with Gasteiger partial charge in [0.1, 0.15) is 11.5 Å². The largest absolute Gasteiger partial charge is 0.497 e. The van der Waals surface area contributed by atoms with E-state index in [0.717, 1.165) is 31.0 Å². The number of rotatable bonds is 5. The topological polar surface area (TPSA) is 21.7 Å². The Morgan fingerprint density at radius 3 is 2.09 bits per heavy atom. The molecular formula is C20H23NO2. The second kappa shape index (κ2) is 7.34. The summed E-state index contributed by atoms with van der Waals surface area (Å²) in [4.78, 5) is 2.50. The normalized spacial score (nSPS) is 17.9. The van der Waals surface area contributed by atoms with Crippen molar-refractivity contribution < 1.29 is 9.47 Å². The lowest BCUT2D eigenvalue weighted by atomic mass is 9.98. The second-order valence-electron chi connectivity index (χ2n) is 5.77. The molecule has 0 saturated carbocycles. The van der Waals surface area contributed by atoms with Crippen molar-refractivity contribution in [3.05, 3.63) is 71.8 Å². The van der Waals surface area contributed by atoms with Crippen LogP contribution < -0.4 is 9.47 Å². The van der Waals surface area contributed by atoms with Gasteiger partial charge in [0.25, 0.3) is 0 Å². The van der Waals surface area contributed by atoms with E-state index in [1.165, 1.54) is 11.1 Å². The van der Waals surface area contributed by atoms with Crippen molar-refractivity contribution in [3.8, 4) is 11.5 Å². The number of nitrogens with zero attached hydrogens (tertiary/aromatic N) is 1. The van der Waals surface area contributed by atoms with Crippen molar-refractivity contribution >= 4 is 0 Å². The molecule has 0 radical (unpaired) electrons. The summed E-state index contributed by atoms with van der Waals surface area (Å²) in [5, 5.41) is 0. The third-order valence-electron chi connectivity index (χ3n) is 4.35. The predicted molar refractivity (Wildman–Crippen MR) is 92.9 cm³/mol. The Hall–Kier alpha value is -2.26. The summed E-state index contributed by atoms with van der Waals surface area (Å²) >= 11 is 0. The molecule has 3 nitrogen and oxygen atoms in total. The van der Waals surface area contributed by atoms with Crippen LogP contribution in [0, 0.1) is 0 Å². The number of hydrogen-bond acceptors (Lipinski definition) is 3. The minimum atomic E-state index is 0.410. The summed E-state index contributed by atoms with van der Waals surface area (Å²) in [7, 11) is 3.40. The molecule has 3 heteroatoms. The lowest BCUT2D eigenvalue weighted by Crippen LogP contribution is -2.30. The SMILES string of the molecule is COc1ccc(CN2CC=CC[C@@H]2c2ccc(OC)cc2)cc1. The molecule has 0 fully saturated rings. The molecular weight excluding hydrogens is 286 g/mol. The van der Waals surface area contributed by atoms with E-state index in [1.54, 1.807) is 14.2 Å². The predicted octanol–water partition coefficient (Wildman–Crippen LogP) is 4.21. The quantitative estimate of drug-likeness (QED) is 0.772. The van der Waals surface area contributed by atoms with Crippen molar-refractivity contribution in [2.75, 3.05) is 20.8 Å². The molecule has 1 heterocycles. The van der Waals surface area contributed by atoms with Gasteiger partial charge in [0.2, 0.25) is 0 Å². The highest BCUT2D eigenvalue weighted by Gasteiger charge is 2.21. The van der Waals surface area contributed by atoms with Crippen LogP contribution in [0.5, 0.6) is 11.5 Å². The first-order valence-corrected chi connectivity index (χ1v) is 7.96. The number of benzene rings is 2. The van der Waals surface area contributed by atoms with Crippen LogP contribution in [0.2, 0.25) is 0 Å². The second-order valence-corrected chi connectivity index (χ2v) is 5.77. The molecule has 0 aromatic heterocycles. The minimum absolute atomic E-state index is 0.410. The van der Waals surface area contributed by atoms with E-state index in [4.69, 9.17) is 9.47 Å². The van der Waals surface area contributed by atoms with Crippen molar-refractivity contribution in [2.24, 2.45) is 0 Å². The molecule has 23 heavy (non-hydrogen) atoms. The maximum Gasteiger partial charge on any atom is 0.118 e. The van der Waals surface area contributed by atoms with Crippen LogP contribution in [0.1, 0.15) is 23.6 Å². The lowest BCUT2D eigenvalue weighted by Gasteiger charge is -2.33. The smallest absolute Gasteiger partial charge is 0.118 e. The zero-order valence-corrected chi connectivity index (χ0v) is 13.7. The van der Waals surface area contributed by atoms with Crippen molar-refractivity contribution in [3.63, 3.8) is 0 Å². The molecule has 120 valence electrons. The van der Waals surface area contributed by atoms with Crippen LogP contribution in [-0.2, 0) is 6.54 Å². The Morgan fingerprint density at radius 2 is 1.48 bits per heavy atom. The van der Waals surface area contributed by atoms with Gasteiger partial charge < -0.3 is 9.47 Å². The average molecular weight is 309 g/mol. The summed E-state index contributed by atoms with van der Waals surface area (Å²) in [6, 6.07) is 17.2. The monoisotopic (exact) mass is 309 g/mol. The van der Waals surface area contributed by atoms with Crippen molar-refractivity contribution in [1.29, 1.82) is 0 Å². The highest BCUT2D eigenvalue weighted by atomic mass is 16.5. The molecule has 0 unspecified atom stereocenters. The molecule has 0 N–H and O–H groups in total. The van der Waals surface area contributed by atoms with Crippen molar-refractivity contribution in [1.82, 2.24) is 4.90 Å². The van der Waals surface area contributed by atoms with Crippen LogP contribution in [0.15, 0.2) is 60.7 Å². The van der Waals surface area contributed by atoms with E-state index >= 15 is 0 Å². The number of methoxy groups -OCH3 is 2.